The molecule has 1 unspecified atom stereocenters. The third-order valence-corrected chi connectivity index (χ3v) is 5.20. The first-order valence-corrected chi connectivity index (χ1v) is 9.79. The lowest BCUT2D eigenvalue weighted by atomic mass is 10.0. The summed E-state index contributed by atoms with van der Waals surface area (Å²) in [5.74, 6) is -0.521. The molecule has 1 amide bonds. The fourth-order valence-corrected chi connectivity index (χ4v) is 3.76. The number of benzene rings is 2. The van der Waals surface area contributed by atoms with Crippen molar-refractivity contribution in [2.24, 2.45) is 5.73 Å². The molecule has 0 radical (unpaired) electrons. The van der Waals surface area contributed by atoms with Crippen LogP contribution < -0.4 is 15.8 Å². The summed E-state index contributed by atoms with van der Waals surface area (Å²) in [5, 5.41) is 12.3. The highest BCUT2D eigenvalue weighted by Crippen LogP contribution is 2.31. The predicted octanol–water partition coefficient (Wildman–Crippen LogP) is 3.98. The molecule has 3 rings (SSSR count). The molecular weight excluding hydrogens is 417 g/mol. The van der Waals surface area contributed by atoms with Crippen molar-refractivity contribution in [3.63, 3.8) is 0 Å². The zero-order chi connectivity index (χ0) is 21.7. The molecule has 10 heteroatoms. The standard InChI is InChI=1S/C20H19F3N4O2S/c1-12(28)25-17(10-13-3-2-4-14(9-13)11-24)19-27-26-18(30-19)15-5-7-16(8-6-15)29-20(21,22)23/h2-9,17H,10-11,24H2,1H3,(H,25,28). The highest BCUT2D eigenvalue weighted by atomic mass is 32.1. The smallest absolute Gasteiger partial charge is 0.406 e. The third kappa shape index (κ3) is 6.01. The maximum Gasteiger partial charge on any atom is 0.573 e. The molecule has 2 aromatic carbocycles. The highest BCUT2D eigenvalue weighted by Gasteiger charge is 2.31. The molecule has 30 heavy (non-hydrogen) atoms. The average molecular weight is 436 g/mol. The van der Waals surface area contributed by atoms with Crippen LogP contribution in [-0.4, -0.2) is 22.5 Å². The summed E-state index contributed by atoms with van der Waals surface area (Å²) >= 11 is 1.26. The lowest BCUT2D eigenvalue weighted by molar-refractivity contribution is -0.274. The number of hydrogen-bond donors (Lipinski definition) is 2. The van der Waals surface area contributed by atoms with Crippen molar-refractivity contribution >= 4 is 17.2 Å². The van der Waals surface area contributed by atoms with Gasteiger partial charge < -0.3 is 15.8 Å². The normalized spacial score (nSPS) is 12.4. The van der Waals surface area contributed by atoms with Gasteiger partial charge in [0.05, 0.1) is 6.04 Å². The maximum absolute atomic E-state index is 12.3. The SMILES string of the molecule is CC(=O)NC(Cc1cccc(CN)c1)c1nnc(-c2ccc(OC(F)(F)F)cc2)s1. The number of halogens is 3. The molecule has 0 saturated carbocycles. The van der Waals surface area contributed by atoms with Gasteiger partial charge in [-0.1, -0.05) is 35.6 Å². The summed E-state index contributed by atoms with van der Waals surface area (Å²) in [6, 6.07) is 12.7. The van der Waals surface area contributed by atoms with Crippen LogP contribution in [0, 0.1) is 0 Å². The first kappa shape index (κ1) is 21.7. The van der Waals surface area contributed by atoms with Crippen molar-refractivity contribution < 1.29 is 22.7 Å². The molecule has 0 aliphatic carbocycles. The Morgan fingerprint density at radius 1 is 1.17 bits per heavy atom. The van der Waals surface area contributed by atoms with Crippen LogP contribution in [0.15, 0.2) is 48.5 Å². The van der Waals surface area contributed by atoms with Gasteiger partial charge in [0.1, 0.15) is 15.8 Å². The Labute approximate surface area is 174 Å². The van der Waals surface area contributed by atoms with Crippen molar-refractivity contribution in [2.75, 3.05) is 0 Å². The van der Waals surface area contributed by atoms with Gasteiger partial charge in [-0.15, -0.1) is 23.4 Å². The lowest BCUT2D eigenvalue weighted by Crippen LogP contribution is -2.27. The van der Waals surface area contributed by atoms with Crippen molar-refractivity contribution in [3.05, 3.63) is 64.7 Å². The molecule has 158 valence electrons. The van der Waals surface area contributed by atoms with E-state index in [1.165, 1.54) is 42.5 Å². The van der Waals surface area contributed by atoms with Gasteiger partial charge in [-0.25, -0.2) is 0 Å². The summed E-state index contributed by atoms with van der Waals surface area (Å²) < 4.78 is 40.8. The molecule has 1 aromatic heterocycles. The Kier molecular flexibility index (Phi) is 6.68. The molecule has 3 N–H and O–H groups in total. The second-order valence-electron chi connectivity index (χ2n) is 6.50. The minimum atomic E-state index is -4.75. The molecule has 1 heterocycles. The van der Waals surface area contributed by atoms with Gasteiger partial charge >= 0.3 is 6.36 Å². The number of nitrogens with zero attached hydrogens (tertiary/aromatic N) is 2. The second-order valence-corrected chi connectivity index (χ2v) is 7.51. The van der Waals surface area contributed by atoms with E-state index >= 15 is 0 Å². The van der Waals surface area contributed by atoms with Crippen LogP contribution in [0.5, 0.6) is 5.75 Å². The van der Waals surface area contributed by atoms with E-state index in [1.54, 1.807) is 0 Å². The number of amides is 1. The summed E-state index contributed by atoms with van der Waals surface area (Å²) in [7, 11) is 0. The molecule has 0 fully saturated rings. The number of carbonyl (C=O) groups excluding carboxylic acids is 1. The minimum absolute atomic E-state index is 0.208. The second kappa shape index (κ2) is 9.23. The summed E-state index contributed by atoms with van der Waals surface area (Å²) in [5.41, 5.74) is 8.26. The molecule has 3 aromatic rings. The van der Waals surface area contributed by atoms with Gasteiger partial charge in [0.25, 0.3) is 0 Å². The molecule has 6 nitrogen and oxygen atoms in total. The zero-order valence-electron chi connectivity index (χ0n) is 15.9. The molecule has 0 saturated heterocycles. The van der Waals surface area contributed by atoms with Crippen LogP contribution in [-0.2, 0) is 17.8 Å². The van der Waals surface area contributed by atoms with Gasteiger partial charge in [0.15, 0.2) is 0 Å². The maximum atomic E-state index is 12.3. The van der Waals surface area contributed by atoms with Crippen LogP contribution in [0.1, 0.15) is 29.1 Å². The van der Waals surface area contributed by atoms with E-state index in [0.29, 0.717) is 28.5 Å². The van der Waals surface area contributed by atoms with Crippen LogP contribution in [0.4, 0.5) is 13.2 Å². The first-order chi connectivity index (χ1) is 14.2. The number of ether oxygens (including phenoxy) is 1. The Hall–Kier alpha value is -2.98. The molecule has 0 spiro atoms. The molecule has 0 aliphatic heterocycles. The van der Waals surface area contributed by atoms with Crippen molar-refractivity contribution in [1.82, 2.24) is 15.5 Å². The summed E-state index contributed by atoms with van der Waals surface area (Å²) in [4.78, 5) is 11.7. The quantitative estimate of drug-likeness (QED) is 0.585. The monoisotopic (exact) mass is 436 g/mol. The van der Waals surface area contributed by atoms with E-state index < -0.39 is 12.4 Å². The van der Waals surface area contributed by atoms with Gasteiger partial charge in [-0.05, 0) is 41.8 Å². The number of aromatic nitrogens is 2. The minimum Gasteiger partial charge on any atom is -0.406 e. The van der Waals surface area contributed by atoms with E-state index in [-0.39, 0.29) is 11.7 Å². The number of rotatable bonds is 7. The largest absolute Gasteiger partial charge is 0.573 e. The number of alkyl halides is 3. The summed E-state index contributed by atoms with van der Waals surface area (Å²) in [6.45, 7) is 1.83. The Balaban J connectivity index is 1.80. The van der Waals surface area contributed by atoms with E-state index in [1.807, 2.05) is 24.3 Å². The summed E-state index contributed by atoms with van der Waals surface area (Å²) in [6.07, 6.45) is -4.25. The molecule has 0 aliphatic rings. The average Bonchev–Trinajstić information content (AvgIpc) is 3.17. The van der Waals surface area contributed by atoms with Gasteiger partial charge in [0, 0.05) is 19.0 Å². The Morgan fingerprint density at radius 2 is 1.87 bits per heavy atom. The van der Waals surface area contributed by atoms with Gasteiger partial charge in [-0.2, -0.15) is 0 Å². The van der Waals surface area contributed by atoms with Gasteiger partial charge in [0.2, 0.25) is 5.91 Å². The number of nitrogens with two attached hydrogens (primary N) is 1. The number of carbonyl (C=O) groups is 1. The van der Waals surface area contributed by atoms with E-state index in [4.69, 9.17) is 5.73 Å². The van der Waals surface area contributed by atoms with E-state index in [9.17, 15) is 18.0 Å². The van der Waals surface area contributed by atoms with Crippen molar-refractivity contribution in [2.45, 2.75) is 32.3 Å². The molecule has 1 atom stereocenters. The number of hydrogen-bond acceptors (Lipinski definition) is 6. The topological polar surface area (TPSA) is 90.1 Å². The van der Waals surface area contributed by atoms with E-state index in [0.717, 1.165) is 11.1 Å². The Morgan fingerprint density at radius 3 is 2.50 bits per heavy atom. The highest BCUT2D eigenvalue weighted by molar-refractivity contribution is 7.14. The van der Waals surface area contributed by atoms with E-state index in [2.05, 4.69) is 20.3 Å². The fourth-order valence-electron chi connectivity index (χ4n) is 2.86. The van der Waals surface area contributed by atoms with Crippen molar-refractivity contribution in [1.29, 1.82) is 0 Å². The van der Waals surface area contributed by atoms with Crippen LogP contribution in [0.2, 0.25) is 0 Å². The Bertz CT molecular complexity index is 1010. The molecular formula is C20H19F3N4O2S. The third-order valence-electron chi connectivity index (χ3n) is 4.12. The number of nitrogens with one attached hydrogen (secondary N) is 1. The van der Waals surface area contributed by atoms with Crippen LogP contribution in [0.25, 0.3) is 10.6 Å². The first-order valence-electron chi connectivity index (χ1n) is 8.98. The zero-order valence-corrected chi connectivity index (χ0v) is 16.8. The molecule has 0 bridgehead atoms. The predicted molar refractivity (Wildman–Crippen MR) is 107 cm³/mol. The van der Waals surface area contributed by atoms with Crippen LogP contribution in [0.3, 0.4) is 0 Å². The van der Waals surface area contributed by atoms with Crippen molar-refractivity contribution in [3.8, 4) is 16.3 Å². The fraction of sp³-hybridized carbons (Fsp3) is 0.250. The van der Waals surface area contributed by atoms with Crippen LogP contribution >= 0.6 is 11.3 Å². The van der Waals surface area contributed by atoms with Gasteiger partial charge in [-0.3, -0.25) is 4.79 Å². The lowest BCUT2D eigenvalue weighted by Gasteiger charge is -2.15.